The molecule has 0 radical (unpaired) electrons. The molecule has 0 aliphatic rings. The zero-order chi connectivity index (χ0) is 16.1. The Morgan fingerprint density at radius 3 is 2.27 bits per heavy atom. The summed E-state index contributed by atoms with van der Waals surface area (Å²) in [5, 5.41) is 5.63. The number of nitrogens with zero attached hydrogens (tertiary/aromatic N) is 1. The molecule has 0 saturated heterocycles. The molecule has 2 aromatic rings. The number of ether oxygens (including phenoxy) is 3. The van der Waals surface area contributed by atoms with E-state index < -0.39 is 0 Å². The van der Waals surface area contributed by atoms with Crippen molar-refractivity contribution < 1.29 is 19.0 Å². The Hall–Kier alpha value is -2.28. The van der Waals surface area contributed by atoms with E-state index in [1.54, 1.807) is 12.1 Å². The van der Waals surface area contributed by atoms with Crippen LogP contribution in [0.5, 0.6) is 17.2 Å². The monoisotopic (exact) mass is 322 g/mol. The Bertz CT molecular complexity index is 644. The first-order valence-electron chi connectivity index (χ1n) is 6.58. The molecule has 22 heavy (non-hydrogen) atoms. The van der Waals surface area contributed by atoms with Crippen LogP contribution in [-0.2, 0) is 11.2 Å². The molecule has 0 aliphatic heterocycles. The van der Waals surface area contributed by atoms with Crippen LogP contribution < -0.4 is 19.5 Å². The molecule has 1 N–H and O–H groups in total. The lowest BCUT2D eigenvalue weighted by Crippen LogP contribution is -2.15. The van der Waals surface area contributed by atoms with Gasteiger partial charge in [-0.2, -0.15) is 0 Å². The van der Waals surface area contributed by atoms with E-state index >= 15 is 0 Å². The number of hydrogen-bond acceptors (Lipinski definition) is 6. The van der Waals surface area contributed by atoms with Crippen molar-refractivity contribution in [1.29, 1.82) is 0 Å². The third-order valence-corrected chi connectivity index (χ3v) is 3.78. The van der Waals surface area contributed by atoms with Crippen LogP contribution in [0.4, 0.5) is 5.69 Å². The number of carbonyl (C=O) groups is 1. The highest BCUT2D eigenvalue weighted by atomic mass is 32.1. The summed E-state index contributed by atoms with van der Waals surface area (Å²) in [5.74, 6) is 1.31. The largest absolute Gasteiger partial charge is 0.493 e. The number of anilines is 1. The SMILES string of the molecule is COc1cc(NC(=O)Cc2csc(C)n2)cc(OC)c1OC. The lowest BCUT2D eigenvalue weighted by atomic mass is 10.2. The molecule has 0 spiro atoms. The van der Waals surface area contributed by atoms with Crippen LogP contribution in [-0.4, -0.2) is 32.2 Å². The highest BCUT2D eigenvalue weighted by Gasteiger charge is 2.15. The number of amides is 1. The van der Waals surface area contributed by atoms with Crippen LogP contribution in [0.15, 0.2) is 17.5 Å². The van der Waals surface area contributed by atoms with E-state index in [2.05, 4.69) is 10.3 Å². The van der Waals surface area contributed by atoms with Gasteiger partial charge in [0, 0.05) is 23.2 Å². The van der Waals surface area contributed by atoms with Crippen LogP contribution in [0.3, 0.4) is 0 Å². The van der Waals surface area contributed by atoms with Gasteiger partial charge in [-0.1, -0.05) is 0 Å². The van der Waals surface area contributed by atoms with Crippen LogP contribution in [0.1, 0.15) is 10.7 Å². The second-order valence-corrected chi connectivity index (χ2v) is 5.56. The van der Waals surface area contributed by atoms with E-state index in [0.29, 0.717) is 22.9 Å². The van der Waals surface area contributed by atoms with Gasteiger partial charge in [-0.3, -0.25) is 4.79 Å². The number of nitrogens with one attached hydrogen (secondary N) is 1. The minimum atomic E-state index is -0.153. The van der Waals surface area contributed by atoms with E-state index in [9.17, 15) is 4.79 Å². The molecule has 0 aliphatic carbocycles. The second-order valence-electron chi connectivity index (χ2n) is 4.50. The standard InChI is InChI=1S/C15H18N2O4S/c1-9-16-11(8-22-9)7-14(18)17-10-5-12(19-2)15(21-4)13(6-10)20-3/h5-6,8H,7H2,1-4H3,(H,17,18). The van der Waals surface area contributed by atoms with Crippen molar-refractivity contribution in [3.63, 3.8) is 0 Å². The van der Waals surface area contributed by atoms with Crippen LogP contribution >= 0.6 is 11.3 Å². The molecule has 0 unspecified atom stereocenters. The molecule has 1 aromatic carbocycles. The molecule has 7 heteroatoms. The normalized spacial score (nSPS) is 10.2. The van der Waals surface area contributed by atoms with Crippen molar-refractivity contribution in [1.82, 2.24) is 4.98 Å². The fourth-order valence-corrected chi connectivity index (χ4v) is 2.62. The number of hydrogen-bond donors (Lipinski definition) is 1. The summed E-state index contributed by atoms with van der Waals surface area (Å²) < 4.78 is 15.8. The highest BCUT2D eigenvalue weighted by Crippen LogP contribution is 2.39. The van der Waals surface area contributed by atoms with Crippen LogP contribution in [0.2, 0.25) is 0 Å². The van der Waals surface area contributed by atoms with Gasteiger partial charge in [0.1, 0.15) is 0 Å². The number of aryl methyl sites for hydroxylation is 1. The number of benzene rings is 1. The van der Waals surface area contributed by atoms with Crippen molar-refractivity contribution in [2.24, 2.45) is 0 Å². The average Bonchev–Trinajstić information content (AvgIpc) is 2.90. The first-order chi connectivity index (χ1) is 10.6. The lowest BCUT2D eigenvalue weighted by Gasteiger charge is -2.14. The zero-order valence-corrected chi connectivity index (χ0v) is 13.7. The van der Waals surface area contributed by atoms with Crippen LogP contribution in [0, 0.1) is 6.92 Å². The molecule has 2 rings (SSSR count). The van der Waals surface area contributed by atoms with Gasteiger partial charge in [-0.15, -0.1) is 11.3 Å². The summed E-state index contributed by atoms with van der Waals surface area (Å²) >= 11 is 1.52. The van der Waals surface area contributed by atoms with E-state index in [1.807, 2.05) is 12.3 Å². The summed E-state index contributed by atoms with van der Waals surface area (Å²) in [5.41, 5.74) is 1.33. The van der Waals surface area contributed by atoms with Gasteiger partial charge in [-0.25, -0.2) is 4.98 Å². The smallest absolute Gasteiger partial charge is 0.230 e. The van der Waals surface area contributed by atoms with Crippen molar-refractivity contribution in [3.05, 3.63) is 28.2 Å². The van der Waals surface area contributed by atoms with Crippen molar-refractivity contribution >= 4 is 22.9 Å². The third-order valence-electron chi connectivity index (χ3n) is 2.96. The fourth-order valence-electron chi connectivity index (χ4n) is 2.01. The molecule has 0 fully saturated rings. The van der Waals surface area contributed by atoms with Gasteiger partial charge in [0.25, 0.3) is 0 Å². The zero-order valence-electron chi connectivity index (χ0n) is 12.9. The summed E-state index contributed by atoms with van der Waals surface area (Å²) in [7, 11) is 4.59. The molecule has 0 atom stereocenters. The second kappa shape index (κ2) is 7.13. The highest BCUT2D eigenvalue weighted by molar-refractivity contribution is 7.09. The average molecular weight is 322 g/mol. The predicted molar refractivity (Wildman–Crippen MR) is 85.3 cm³/mol. The maximum atomic E-state index is 12.1. The topological polar surface area (TPSA) is 69.7 Å². The Balaban J connectivity index is 2.16. The Morgan fingerprint density at radius 1 is 1.18 bits per heavy atom. The minimum absolute atomic E-state index is 0.153. The lowest BCUT2D eigenvalue weighted by molar-refractivity contribution is -0.115. The van der Waals surface area contributed by atoms with Gasteiger partial charge in [0.15, 0.2) is 11.5 Å². The third kappa shape index (κ3) is 3.67. The van der Waals surface area contributed by atoms with Gasteiger partial charge in [0.05, 0.1) is 38.5 Å². The van der Waals surface area contributed by atoms with E-state index in [4.69, 9.17) is 14.2 Å². The van der Waals surface area contributed by atoms with Crippen molar-refractivity contribution in [2.75, 3.05) is 26.6 Å². The molecule has 6 nitrogen and oxygen atoms in total. The van der Waals surface area contributed by atoms with Gasteiger partial charge < -0.3 is 19.5 Å². The Kier molecular flexibility index (Phi) is 5.21. The Morgan fingerprint density at radius 2 is 1.82 bits per heavy atom. The number of carbonyl (C=O) groups excluding carboxylic acids is 1. The number of thiazole rings is 1. The fraction of sp³-hybridized carbons (Fsp3) is 0.333. The van der Waals surface area contributed by atoms with Gasteiger partial charge in [-0.05, 0) is 6.92 Å². The van der Waals surface area contributed by atoms with Crippen LogP contribution in [0.25, 0.3) is 0 Å². The van der Waals surface area contributed by atoms with Gasteiger partial charge >= 0.3 is 0 Å². The quantitative estimate of drug-likeness (QED) is 0.885. The summed E-state index contributed by atoms with van der Waals surface area (Å²) in [4.78, 5) is 16.4. The molecule has 1 aromatic heterocycles. The first kappa shape index (κ1) is 16.1. The number of methoxy groups -OCH3 is 3. The molecule has 0 saturated carbocycles. The van der Waals surface area contributed by atoms with Gasteiger partial charge in [0.2, 0.25) is 11.7 Å². The molecule has 1 heterocycles. The number of rotatable bonds is 6. The maximum absolute atomic E-state index is 12.1. The van der Waals surface area contributed by atoms with E-state index in [0.717, 1.165) is 10.7 Å². The molecule has 0 bridgehead atoms. The molecule has 1 amide bonds. The van der Waals surface area contributed by atoms with E-state index in [-0.39, 0.29) is 12.3 Å². The predicted octanol–water partition coefficient (Wildman–Crippen LogP) is 2.66. The minimum Gasteiger partial charge on any atom is -0.493 e. The van der Waals surface area contributed by atoms with Crippen molar-refractivity contribution in [3.8, 4) is 17.2 Å². The maximum Gasteiger partial charge on any atom is 0.230 e. The number of aromatic nitrogens is 1. The molecular weight excluding hydrogens is 304 g/mol. The molecule has 118 valence electrons. The summed E-state index contributed by atoms with van der Waals surface area (Å²) in [6.45, 7) is 1.91. The molecular formula is C15H18N2O4S. The van der Waals surface area contributed by atoms with E-state index in [1.165, 1.54) is 32.7 Å². The summed E-state index contributed by atoms with van der Waals surface area (Å²) in [6.07, 6.45) is 0.223. The summed E-state index contributed by atoms with van der Waals surface area (Å²) in [6, 6.07) is 3.37. The van der Waals surface area contributed by atoms with Crippen molar-refractivity contribution in [2.45, 2.75) is 13.3 Å². The Labute approximate surface area is 133 Å². The first-order valence-corrected chi connectivity index (χ1v) is 7.46.